The molecule has 1 amide bonds. The van der Waals surface area contributed by atoms with Gasteiger partial charge in [0.1, 0.15) is 5.82 Å². The van der Waals surface area contributed by atoms with Gasteiger partial charge in [-0.05, 0) is 37.6 Å². The van der Waals surface area contributed by atoms with Gasteiger partial charge in [0.2, 0.25) is 5.91 Å². The molecule has 1 fully saturated rings. The second kappa shape index (κ2) is 5.06. The molecule has 4 heteroatoms. The molecule has 1 atom stereocenters. The number of halogens is 1. The van der Waals surface area contributed by atoms with Crippen LogP contribution in [-0.4, -0.2) is 30.9 Å². The molecule has 3 nitrogen and oxygen atoms in total. The Kier molecular flexibility index (Phi) is 3.66. The van der Waals surface area contributed by atoms with Gasteiger partial charge in [-0.25, -0.2) is 4.39 Å². The molecule has 1 heterocycles. The highest BCUT2D eigenvalue weighted by molar-refractivity contribution is 5.82. The Morgan fingerprint density at radius 2 is 2.11 bits per heavy atom. The lowest BCUT2D eigenvalue weighted by atomic mass is 9.88. The number of hydrogen-bond acceptors (Lipinski definition) is 2. The van der Waals surface area contributed by atoms with Crippen molar-refractivity contribution in [2.24, 2.45) is 5.41 Å². The zero-order valence-electron chi connectivity index (χ0n) is 10.9. The van der Waals surface area contributed by atoms with Crippen LogP contribution >= 0.6 is 0 Å². The molecular weight excluding hydrogens is 231 g/mol. The van der Waals surface area contributed by atoms with Crippen LogP contribution in [-0.2, 0) is 11.3 Å². The standard InChI is InChI=1S/C14H19FN2O/c1-14(7-8-16-10-14)13(18)17(2)9-11-3-5-12(15)6-4-11/h3-6,16H,7-10H2,1-2H3. The third-order valence-corrected chi connectivity index (χ3v) is 3.56. The summed E-state index contributed by atoms with van der Waals surface area (Å²) >= 11 is 0. The summed E-state index contributed by atoms with van der Waals surface area (Å²) in [5.74, 6) is -0.100. The quantitative estimate of drug-likeness (QED) is 0.887. The number of nitrogens with one attached hydrogen (secondary N) is 1. The van der Waals surface area contributed by atoms with E-state index in [2.05, 4.69) is 5.32 Å². The molecule has 0 bridgehead atoms. The Bertz CT molecular complexity index is 424. The molecule has 1 unspecified atom stereocenters. The minimum Gasteiger partial charge on any atom is -0.341 e. The predicted molar refractivity (Wildman–Crippen MR) is 68.5 cm³/mol. The average molecular weight is 250 g/mol. The molecule has 1 aliphatic rings. The number of carbonyl (C=O) groups is 1. The molecule has 2 rings (SSSR count). The highest BCUT2D eigenvalue weighted by atomic mass is 19.1. The number of rotatable bonds is 3. The summed E-state index contributed by atoms with van der Waals surface area (Å²) in [7, 11) is 1.80. The Balaban J connectivity index is 2.01. The fraction of sp³-hybridized carbons (Fsp3) is 0.500. The second-order valence-electron chi connectivity index (χ2n) is 5.28. The lowest BCUT2D eigenvalue weighted by molar-refractivity contribution is -0.139. The van der Waals surface area contributed by atoms with Gasteiger partial charge in [0, 0.05) is 20.1 Å². The lowest BCUT2D eigenvalue weighted by Crippen LogP contribution is -2.41. The molecule has 1 N–H and O–H groups in total. The van der Waals surface area contributed by atoms with E-state index in [0.29, 0.717) is 6.54 Å². The van der Waals surface area contributed by atoms with Crippen molar-refractivity contribution in [3.63, 3.8) is 0 Å². The van der Waals surface area contributed by atoms with Crippen molar-refractivity contribution in [2.75, 3.05) is 20.1 Å². The normalized spacial score (nSPS) is 23.1. The summed E-state index contributed by atoms with van der Waals surface area (Å²) in [6.45, 7) is 4.15. The number of nitrogens with zero attached hydrogens (tertiary/aromatic N) is 1. The van der Waals surface area contributed by atoms with Gasteiger partial charge in [0.25, 0.3) is 0 Å². The van der Waals surface area contributed by atoms with Crippen LogP contribution in [0.2, 0.25) is 0 Å². The first-order chi connectivity index (χ1) is 8.51. The largest absolute Gasteiger partial charge is 0.341 e. The van der Waals surface area contributed by atoms with E-state index >= 15 is 0 Å². The van der Waals surface area contributed by atoms with Gasteiger partial charge in [-0.3, -0.25) is 4.79 Å². The van der Waals surface area contributed by atoms with Crippen LogP contribution in [0.25, 0.3) is 0 Å². The van der Waals surface area contributed by atoms with Crippen LogP contribution in [0.4, 0.5) is 4.39 Å². The van der Waals surface area contributed by atoms with Crippen molar-refractivity contribution in [3.05, 3.63) is 35.6 Å². The summed E-state index contributed by atoms with van der Waals surface area (Å²) in [5.41, 5.74) is 0.649. The maximum Gasteiger partial charge on any atom is 0.229 e. The fourth-order valence-electron chi connectivity index (χ4n) is 2.40. The third-order valence-electron chi connectivity index (χ3n) is 3.56. The molecular formula is C14H19FN2O. The summed E-state index contributed by atoms with van der Waals surface area (Å²) in [6.07, 6.45) is 0.875. The topological polar surface area (TPSA) is 32.3 Å². The molecule has 0 spiro atoms. The van der Waals surface area contributed by atoms with Crippen LogP contribution in [0.5, 0.6) is 0 Å². The van der Waals surface area contributed by atoms with Crippen LogP contribution < -0.4 is 5.32 Å². The summed E-state index contributed by atoms with van der Waals surface area (Å²) in [6, 6.07) is 6.28. The van der Waals surface area contributed by atoms with Crippen LogP contribution in [0, 0.1) is 11.2 Å². The van der Waals surface area contributed by atoms with Gasteiger partial charge in [0.05, 0.1) is 5.41 Å². The number of carbonyl (C=O) groups excluding carboxylic acids is 1. The van der Waals surface area contributed by atoms with E-state index < -0.39 is 0 Å². The minimum absolute atomic E-state index is 0.150. The maximum absolute atomic E-state index is 12.8. The number of benzene rings is 1. The van der Waals surface area contributed by atoms with E-state index in [1.54, 1.807) is 24.1 Å². The summed E-state index contributed by atoms with van der Waals surface area (Å²) < 4.78 is 12.8. The molecule has 98 valence electrons. The Morgan fingerprint density at radius 1 is 1.44 bits per heavy atom. The van der Waals surface area contributed by atoms with Gasteiger partial charge < -0.3 is 10.2 Å². The Hall–Kier alpha value is -1.42. The molecule has 0 radical (unpaired) electrons. The lowest BCUT2D eigenvalue weighted by Gasteiger charge is -2.28. The molecule has 0 saturated carbocycles. The third kappa shape index (κ3) is 2.70. The molecule has 1 aromatic rings. The van der Waals surface area contributed by atoms with Gasteiger partial charge >= 0.3 is 0 Å². The highest BCUT2D eigenvalue weighted by Gasteiger charge is 2.38. The van der Waals surface area contributed by atoms with Crippen LogP contribution in [0.1, 0.15) is 18.9 Å². The van der Waals surface area contributed by atoms with Crippen molar-refractivity contribution in [1.29, 1.82) is 0 Å². The van der Waals surface area contributed by atoms with E-state index in [4.69, 9.17) is 0 Å². The van der Waals surface area contributed by atoms with E-state index in [1.165, 1.54) is 12.1 Å². The first kappa shape index (κ1) is 13.0. The van der Waals surface area contributed by atoms with Crippen molar-refractivity contribution in [2.45, 2.75) is 19.9 Å². The Morgan fingerprint density at radius 3 is 2.67 bits per heavy atom. The Labute approximate surface area is 107 Å². The van der Waals surface area contributed by atoms with Crippen molar-refractivity contribution < 1.29 is 9.18 Å². The zero-order chi connectivity index (χ0) is 13.2. The number of amides is 1. The van der Waals surface area contributed by atoms with E-state index in [-0.39, 0.29) is 17.1 Å². The molecule has 0 aromatic heterocycles. The van der Waals surface area contributed by atoms with Crippen LogP contribution in [0.15, 0.2) is 24.3 Å². The van der Waals surface area contributed by atoms with Crippen LogP contribution in [0.3, 0.4) is 0 Å². The van der Waals surface area contributed by atoms with E-state index in [9.17, 15) is 9.18 Å². The minimum atomic E-state index is -0.297. The van der Waals surface area contributed by atoms with Gasteiger partial charge in [-0.15, -0.1) is 0 Å². The summed E-state index contributed by atoms with van der Waals surface area (Å²) in [5, 5.41) is 3.22. The van der Waals surface area contributed by atoms with Crippen molar-refractivity contribution in [1.82, 2.24) is 10.2 Å². The van der Waals surface area contributed by atoms with Crippen molar-refractivity contribution >= 4 is 5.91 Å². The van der Waals surface area contributed by atoms with E-state index in [0.717, 1.165) is 25.1 Å². The molecule has 1 saturated heterocycles. The second-order valence-corrected chi connectivity index (χ2v) is 5.28. The molecule has 1 aromatic carbocycles. The molecule has 18 heavy (non-hydrogen) atoms. The first-order valence-electron chi connectivity index (χ1n) is 6.22. The maximum atomic E-state index is 12.8. The fourth-order valence-corrected chi connectivity index (χ4v) is 2.40. The van der Waals surface area contributed by atoms with Gasteiger partial charge in [0.15, 0.2) is 0 Å². The first-order valence-corrected chi connectivity index (χ1v) is 6.22. The zero-order valence-corrected chi connectivity index (χ0v) is 10.9. The predicted octanol–water partition coefficient (Wildman–Crippen LogP) is 1.78. The SMILES string of the molecule is CN(Cc1ccc(F)cc1)C(=O)C1(C)CCNC1. The van der Waals surface area contributed by atoms with E-state index in [1.807, 2.05) is 6.92 Å². The van der Waals surface area contributed by atoms with Crippen molar-refractivity contribution in [3.8, 4) is 0 Å². The van der Waals surface area contributed by atoms with Gasteiger partial charge in [-0.2, -0.15) is 0 Å². The smallest absolute Gasteiger partial charge is 0.229 e. The molecule has 0 aliphatic carbocycles. The average Bonchev–Trinajstić information content (AvgIpc) is 2.79. The van der Waals surface area contributed by atoms with Gasteiger partial charge in [-0.1, -0.05) is 12.1 Å². The highest BCUT2D eigenvalue weighted by Crippen LogP contribution is 2.27. The monoisotopic (exact) mass is 250 g/mol. The number of hydrogen-bond donors (Lipinski definition) is 1. The molecule has 1 aliphatic heterocycles. The summed E-state index contributed by atoms with van der Waals surface area (Å²) in [4.78, 5) is 14.1.